The molecule has 0 heterocycles. The van der Waals surface area contributed by atoms with E-state index in [2.05, 4.69) is 39.2 Å². The molecule has 1 aliphatic carbocycles. The molecular formula is C17H26ClF2IN4O. The van der Waals surface area contributed by atoms with Gasteiger partial charge >= 0.3 is 6.61 Å². The summed E-state index contributed by atoms with van der Waals surface area (Å²) in [6.45, 7) is 0.290. The molecule has 0 amide bonds. The van der Waals surface area contributed by atoms with Gasteiger partial charge in [0, 0.05) is 42.8 Å². The van der Waals surface area contributed by atoms with Crippen LogP contribution in [0.5, 0.6) is 5.75 Å². The molecule has 148 valence electrons. The highest BCUT2D eigenvalue weighted by Gasteiger charge is 2.28. The van der Waals surface area contributed by atoms with E-state index in [4.69, 9.17) is 11.6 Å². The Morgan fingerprint density at radius 2 is 2.08 bits per heavy atom. The van der Waals surface area contributed by atoms with E-state index in [0.717, 1.165) is 6.54 Å². The van der Waals surface area contributed by atoms with Gasteiger partial charge in [-0.05, 0) is 45.0 Å². The van der Waals surface area contributed by atoms with Crippen molar-refractivity contribution in [2.24, 2.45) is 4.99 Å². The zero-order chi connectivity index (χ0) is 18.4. The third-order valence-electron chi connectivity index (χ3n) is 4.29. The van der Waals surface area contributed by atoms with Crippen LogP contribution in [0.4, 0.5) is 8.78 Å². The Bertz CT molecular complexity index is 602. The van der Waals surface area contributed by atoms with Crippen LogP contribution < -0.4 is 15.4 Å². The number of nitrogens with one attached hydrogen (secondary N) is 2. The number of hydrogen-bond donors (Lipinski definition) is 2. The maximum Gasteiger partial charge on any atom is 0.387 e. The van der Waals surface area contributed by atoms with Crippen molar-refractivity contribution in [2.75, 3.05) is 20.6 Å². The van der Waals surface area contributed by atoms with E-state index in [-0.39, 0.29) is 36.3 Å². The van der Waals surface area contributed by atoms with Crippen LogP contribution in [0.15, 0.2) is 23.2 Å². The first-order chi connectivity index (χ1) is 11.9. The number of rotatable bonds is 8. The normalized spacial score (nSPS) is 15.6. The summed E-state index contributed by atoms with van der Waals surface area (Å²) in [4.78, 5) is 6.51. The largest absolute Gasteiger partial charge is 0.434 e. The third kappa shape index (κ3) is 7.40. The van der Waals surface area contributed by atoms with Crippen LogP contribution in [0, 0.1) is 0 Å². The van der Waals surface area contributed by atoms with E-state index in [1.807, 2.05) is 0 Å². The molecular weight excluding hydrogens is 477 g/mol. The van der Waals surface area contributed by atoms with Crippen molar-refractivity contribution >= 4 is 41.5 Å². The predicted molar refractivity (Wildman–Crippen MR) is 112 cm³/mol. The second kappa shape index (κ2) is 11.1. The highest BCUT2D eigenvalue weighted by molar-refractivity contribution is 14.0. The van der Waals surface area contributed by atoms with Crippen molar-refractivity contribution in [3.63, 3.8) is 0 Å². The Morgan fingerprint density at radius 3 is 2.65 bits per heavy atom. The number of aliphatic imine (C=N–C) groups is 1. The summed E-state index contributed by atoms with van der Waals surface area (Å²) < 4.78 is 29.5. The SMILES string of the molecule is CN=C(NCc1cc(Cl)ccc1OC(F)F)NCC(C)N(C)C1CC1.I. The van der Waals surface area contributed by atoms with E-state index >= 15 is 0 Å². The lowest BCUT2D eigenvalue weighted by molar-refractivity contribution is -0.0504. The van der Waals surface area contributed by atoms with Gasteiger partial charge in [-0.15, -0.1) is 24.0 Å². The molecule has 0 radical (unpaired) electrons. The molecule has 2 rings (SSSR count). The van der Waals surface area contributed by atoms with E-state index in [0.29, 0.717) is 28.6 Å². The van der Waals surface area contributed by atoms with Crippen LogP contribution in [0.25, 0.3) is 0 Å². The van der Waals surface area contributed by atoms with Gasteiger partial charge in [-0.25, -0.2) is 0 Å². The summed E-state index contributed by atoms with van der Waals surface area (Å²) in [5, 5.41) is 6.81. The fourth-order valence-corrected chi connectivity index (χ4v) is 2.72. The Morgan fingerprint density at radius 1 is 1.38 bits per heavy atom. The molecule has 1 fully saturated rings. The van der Waals surface area contributed by atoms with E-state index in [1.165, 1.54) is 25.0 Å². The molecule has 2 N–H and O–H groups in total. The first-order valence-electron chi connectivity index (χ1n) is 8.30. The Balaban J connectivity index is 0.00000338. The van der Waals surface area contributed by atoms with Crippen LogP contribution in [0.1, 0.15) is 25.3 Å². The highest BCUT2D eigenvalue weighted by Crippen LogP contribution is 2.26. The van der Waals surface area contributed by atoms with E-state index in [9.17, 15) is 8.78 Å². The predicted octanol–water partition coefficient (Wildman–Crippen LogP) is 3.71. The van der Waals surface area contributed by atoms with Crippen molar-refractivity contribution < 1.29 is 13.5 Å². The number of hydrogen-bond acceptors (Lipinski definition) is 3. The van der Waals surface area contributed by atoms with Crippen LogP contribution >= 0.6 is 35.6 Å². The van der Waals surface area contributed by atoms with Gasteiger partial charge in [-0.2, -0.15) is 8.78 Å². The molecule has 9 heteroatoms. The number of guanidine groups is 1. The lowest BCUT2D eigenvalue weighted by Crippen LogP contribution is -2.45. The van der Waals surface area contributed by atoms with Crippen molar-refractivity contribution in [1.82, 2.24) is 15.5 Å². The first-order valence-corrected chi connectivity index (χ1v) is 8.68. The number of nitrogens with zero attached hydrogens (tertiary/aromatic N) is 2. The minimum absolute atomic E-state index is 0. The highest BCUT2D eigenvalue weighted by atomic mass is 127. The monoisotopic (exact) mass is 502 g/mol. The second-order valence-corrected chi connectivity index (χ2v) is 6.62. The summed E-state index contributed by atoms with van der Waals surface area (Å²) in [6.07, 6.45) is 2.52. The van der Waals surface area contributed by atoms with Crippen LogP contribution in [-0.4, -0.2) is 50.2 Å². The summed E-state index contributed by atoms with van der Waals surface area (Å²) >= 11 is 5.95. The average molecular weight is 503 g/mol. The molecule has 1 aliphatic rings. The lowest BCUT2D eigenvalue weighted by Gasteiger charge is -2.25. The van der Waals surface area contributed by atoms with Crippen molar-refractivity contribution in [2.45, 2.75) is 45.0 Å². The molecule has 0 aliphatic heterocycles. The van der Waals surface area contributed by atoms with E-state index in [1.54, 1.807) is 13.1 Å². The van der Waals surface area contributed by atoms with E-state index < -0.39 is 6.61 Å². The zero-order valence-corrected chi connectivity index (χ0v) is 18.2. The smallest absolute Gasteiger partial charge is 0.387 e. The molecule has 5 nitrogen and oxygen atoms in total. The zero-order valence-electron chi connectivity index (χ0n) is 15.1. The summed E-state index contributed by atoms with van der Waals surface area (Å²) in [7, 11) is 3.79. The number of ether oxygens (including phenoxy) is 1. The van der Waals surface area contributed by atoms with Gasteiger partial charge in [0.2, 0.25) is 0 Å². The fraction of sp³-hybridized carbons (Fsp3) is 0.588. The molecule has 1 aromatic rings. The minimum Gasteiger partial charge on any atom is -0.434 e. The number of halogens is 4. The van der Waals surface area contributed by atoms with Gasteiger partial charge < -0.3 is 15.4 Å². The standard InChI is InChI=1S/C17H25ClF2N4O.HI/c1-11(24(3)14-5-6-14)9-22-17(21-2)23-10-12-8-13(18)4-7-15(12)25-16(19)20;/h4,7-8,11,14,16H,5-6,9-10H2,1-3H3,(H2,21,22,23);1H. The molecule has 0 saturated heterocycles. The molecule has 1 saturated carbocycles. The lowest BCUT2D eigenvalue weighted by atomic mass is 10.2. The fourth-order valence-electron chi connectivity index (χ4n) is 2.53. The van der Waals surface area contributed by atoms with Gasteiger partial charge in [0.1, 0.15) is 5.75 Å². The molecule has 1 atom stereocenters. The summed E-state index contributed by atoms with van der Waals surface area (Å²) in [6, 6.07) is 5.62. The number of benzene rings is 1. The Labute approximate surface area is 175 Å². The number of alkyl halides is 2. The molecule has 1 unspecified atom stereocenters. The molecule has 0 spiro atoms. The van der Waals surface area contributed by atoms with Gasteiger partial charge in [-0.1, -0.05) is 11.6 Å². The Hall–Kier alpha value is -0.870. The van der Waals surface area contributed by atoms with Crippen molar-refractivity contribution in [1.29, 1.82) is 0 Å². The topological polar surface area (TPSA) is 48.9 Å². The molecule has 26 heavy (non-hydrogen) atoms. The third-order valence-corrected chi connectivity index (χ3v) is 4.53. The minimum atomic E-state index is -2.88. The van der Waals surface area contributed by atoms with Crippen LogP contribution in [-0.2, 0) is 6.54 Å². The summed E-state index contributed by atoms with van der Waals surface area (Å²) in [5.41, 5.74) is 0.541. The van der Waals surface area contributed by atoms with Crippen LogP contribution in [0.3, 0.4) is 0 Å². The average Bonchev–Trinajstić information content (AvgIpc) is 3.40. The maximum atomic E-state index is 12.5. The van der Waals surface area contributed by atoms with Crippen LogP contribution in [0.2, 0.25) is 5.02 Å². The first kappa shape index (κ1) is 23.2. The van der Waals surface area contributed by atoms with Crippen molar-refractivity contribution in [3.8, 4) is 5.75 Å². The molecule has 0 bridgehead atoms. The van der Waals surface area contributed by atoms with Crippen molar-refractivity contribution in [3.05, 3.63) is 28.8 Å². The van der Waals surface area contributed by atoms with Gasteiger partial charge in [0.05, 0.1) is 0 Å². The van der Waals surface area contributed by atoms with Gasteiger partial charge in [-0.3, -0.25) is 9.89 Å². The quantitative estimate of drug-likeness (QED) is 0.323. The Kier molecular flexibility index (Phi) is 9.88. The molecule has 1 aromatic carbocycles. The molecule has 0 aromatic heterocycles. The van der Waals surface area contributed by atoms with Gasteiger partial charge in [0.25, 0.3) is 0 Å². The number of likely N-dealkylation sites (N-methyl/N-ethyl adjacent to an activating group) is 1. The summed E-state index contributed by atoms with van der Waals surface area (Å²) in [5.74, 6) is 0.697. The van der Waals surface area contributed by atoms with Gasteiger partial charge in [0.15, 0.2) is 5.96 Å². The maximum absolute atomic E-state index is 12.5. The second-order valence-electron chi connectivity index (χ2n) is 6.18.